The molecule has 0 bridgehead atoms. The van der Waals surface area contributed by atoms with Crippen molar-refractivity contribution in [1.29, 1.82) is 0 Å². The van der Waals surface area contributed by atoms with Crippen molar-refractivity contribution in [3.05, 3.63) is 33.1 Å². The Labute approximate surface area is 124 Å². The monoisotopic (exact) mass is 313 g/mol. The van der Waals surface area contributed by atoms with Gasteiger partial charge in [-0.05, 0) is 18.9 Å². The van der Waals surface area contributed by atoms with E-state index in [4.69, 9.17) is 16.7 Å². The molecule has 0 aromatic carbocycles. The lowest BCUT2D eigenvalue weighted by Crippen LogP contribution is -2.42. The first-order valence-corrected chi connectivity index (χ1v) is 6.60. The number of likely N-dealkylation sites (tertiary alicyclic amines) is 1. The van der Waals surface area contributed by atoms with Gasteiger partial charge in [-0.2, -0.15) is 0 Å². The average Bonchev–Trinajstić information content (AvgIpc) is 2.46. The molecule has 1 aliphatic rings. The smallest absolute Gasteiger partial charge is 0.308 e. The number of nitro groups is 1. The Balaban J connectivity index is 2.29. The van der Waals surface area contributed by atoms with Gasteiger partial charge in [0.25, 0.3) is 11.6 Å². The molecule has 8 nitrogen and oxygen atoms in total. The van der Waals surface area contributed by atoms with E-state index in [1.807, 2.05) is 0 Å². The summed E-state index contributed by atoms with van der Waals surface area (Å²) in [5.41, 5.74) is -0.618. The number of carbonyl (C=O) groups is 2. The zero-order valence-corrected chi connectivity index (χ0v) is 11.6. The second kappa shape index (κ2) is 6.04. The van der Waals surface area contributed by atoms with E-state index in [1.54, 1.807) is 0 Å². The molecular formula is C12H12ClN3O5. The molecule has 0 saturated carbocycles. The van der Waals surface area contributed by atoms with Gasteiger partial charge in [0.1, 0.15) is 16.9 Å². The number of aliphatic carboxylic acids is 1. The summed E-state index contributed by atoms with van der Waals surface area (Å²) in [5.74, 6) is -2.23. The van der Waals surface area contributed by atoms with Crippen molar-refractivity contribution >= 4 is 29.2 Å². The number of halogens is 1. The van der Waals surface area contributed by atoms with E-state index in [9.17, 15) is 19.7 Å². The largest absolute Gasteiger partial charge is 0.481 e. The van der Waals surface area contributed by atoms with Crippen LogP contribution in [0.3, 0.4) is 0 Å². The molecule has 2 heterocycles. The Hall–Kier alpha value is -2.22. The molecule has 0 spiro atoms. The molecule has 2 rings (SSSR count). The molecule has 1 aliphatic heterocycles. The first kappa shape index (κ1) is 15.2. The molecule has 0 unspecified atom stereocenters. The standard InChI is InChI=1S/C12H12ClN3O5/c13-10-4-8(9(5-14-10)16(20)21)11(17)15-3-1-2-7(6-15)12(18)19/h4-5,7H,1-3,6H2,(H,18,19)/t7-/m0/s1. The third kappa shape index (κ3) is 3.27. The van der Waals surface area contributed by atoms with Crippen LogP contribution >= 0.6 is 11.6 Å². The minimum atomic E-state index is -0.977. The molecule has 0 aliphatic carbocycles. The van der Waals surface area contributed by atoms with Crippen LogP contribution in [0.15, 0.2) is 12.3 Å². The van der Waals surface area contributed by atoms with Gasteiger partial charge >= 0.3 is 5.97 Å². The van der Waals surface area contributed by atoms with Gasteiger partial charge in [-0.3, -0.25) is 19.7 Å². The van der Waals surface area contributed by atoms with E-state index in [0.717, 1.165) is 12.3 Å². The van der Waals surface area contributed by atoms with Crippen molar-refractivity contribution in [2.24, 2.45) is 5.92 Å². The Kier molecular flexibility index (Phi) is 4.37. The highest BCUT2D eigenvalue weighted by atomic mass is 35.5. The highest BCUT2D eigenvalue weighted by molar-refractivity contribution is 6.29. The maximum absolute atomic E-state index is 12.4. The molecule has 1 fully saturated rings. The average molecular weight is 314 g/mol. The van der Waals surface area contributed by atoms with Crippen molar-refractivity contribution < 1.29 is 19.6 Å². The van der Waals surface area contributed by atoms with Crippen LogP contribution < -0.4 is 0 Å². The molecule has 1 aromatic heterocycles. The Bertz CT molecular complexity index is 607. The van der Waals surface area contributed by atoms with Crippen LogP contribution in [-0.2, 0) is 4.79 Å². The summed E-state index contributed by atoms with van der Waals surface area (Å²) >= 11 is 5.69. The van der Waals surface area contributed by atoms with Crippen LogP contribution in [0.25, 0.3) is 0 Å². The summed E-state index contributed by atoms with van der Waals surface area (Å²) in [6.45, 7) is 0.394. The lowest BCUT2D eigenvalue weighted by molar-refractivity contribution is -0.385. The van der Waals surface area contributed by atoms with Crippen molar-refractivity contribution in [3.63, 3.8) is 0 Å². The predicted molar refractivity (Wildman–Crippen MR) is 72.2 cm³/mol. The van der Waals surface area contributed by atoms with E-state index in [0.29, 0.717) is 19.4 Å². The van der Waals surface area contributed by atoms with Crippen molar-refractivity contribution in [2.75, 3.05) is 13.1 Å². The van der Waals surface area contributed by atoms with Crippen LogP contribution in [-0.4, -0.2) is 44.9 Å². The summed E-state index contributed by atoms with van der Waals surface area (Å²) < 4.78 is 0. The van der Waals surface area contributed by atoms with Gasteiger partial charge in [0.05, 0.1) is 10.8 Å². The fraction of sp³-hybridized carbons (Fsp3) is 0.417. The van der Waals surface area contributed by atoms with Gasteiger partial charge in [-0.15, -0.1) is 0 Å². The molecular weight excluding hydrogens is 302 g/mol. The molecule has 0 radical (unpaired) electrons. The van der Waals surface area contributed by atoms with Crippen LogP contribution in [0, 0.1) is 16.0 Å². The van der Waals surface area contributed by atoms with Crippen molar-refractivity contribution in [1.82, 2.24) is 9.88 Å². The molecule has 9 heteroatoms. The Morgan fingerprint density at radius 1 is 1.52 bits per heavy atom. The van der Waals surface area contributed by atoms with Gasteiger partial charge in [0.15, 0.2) is 0 Å². The highest BCUT2D eigenvalue weighted by Crippen LogP contribution is 2.25. The number of carboxylic acid groups (broad SMARTS) is 1. The number of carbonyl (C=O) groups excluding carboxylic acids is 1. The van der Waals surface area contributed by atoms with Crippen LogP contribution in [0.2, 0.25) is 5.15 Å². The Morgan fingerprint density at radius 3 is 2.86 bits per heavy atom. The minimum absolute atomic E-state index is 0.0317. The predicted octanol–water partition coefficient (Wildman–Crippen LogP) is 1.58. The van der Waals surface area contributed by atoms with Gasteiger partial charge < -0.3 is 10.0 Å². The maximum Gasteiger partial charge on any atom is 0.308 e. The van der Waals surface area contributed by atoms with E-state index in [2.05, 4.69) is 4.98 Å². The number of carboxylic acids is 1. The lowest BCUT2D eigenvalue weighted by atomic mass is 9.97. The van der Waals surface area contributed by atoms with Crippen LogP contribution in [0.4, 0.5) is 5.69 Å². The molecule has 1 atom stereocenters. The number of hydrogen-bond donors (Lipinski definition) is 1. The number of aromatic nitrogens is 1. The summed E-state index contributed by atoms with van der Waals surface area (Å²) in [5, 5.41) is 19.9. The van der Waals surface area contributed by atoms with Gasteiger partial charge in [-0.25, -0.2) is 4.98 Å². The normalized spacial score (nSPS) is 18.3. The SMILES string of the molecule is O=C(O)[C@H]1CCCN(C(=O)c2cc(Cl)ncc2[N+](=O)[O-])C1. The van der Waals surface area contributed by atoms with Gasteiger partial charge in [-0.1, -0.05) is 11.6 Å². The fourth-order valence-electron chi connectivity index (χ4n) is 2.27. The molecule has 112 valence electrons. The van der Waals surface area contributed by atoms with E-state index < -0.39 is 28.4 Å². The minimum Gasteiger partial charge on any atom is -0.481 e. The number of rotatable bonds is 3. The summed E-state index contributed by atoms with van der Waals surface area (Å²) in [4.78, 5) is 38.5. The lowest BCUT2D eigenvalue weighted by Gasteiger charge is -2.30. The molecule has 1 aromatic rings. The van der Waals surface area contributed by atoms with Crippen LogP contribution in [0.5, 0.6) is 0 Å². The second-order valence-electron chi connectivity index (χ2n) is 4.71. The number of amides is 1. The Morgan fingerprint density at radius 2 is 2.24 bits per heavy atom. The quantitative estimate of drug-likeness (QED) is 0.515. The number of piperidine rings is 1. The summed E-state index contributed by atoms with van der Waals surface area (Å²) in [6.07, 6.45) is 1.95. The number of pyridine rings is 1. The molecule has 1 N–H and O–H groups in total. The zero-order valence-electron chi connectivity index (χ0n) is 10.9. The third-order valence-electron chi connectivity index (χ3n) is 3.33. The second-order valence-corrected chi connectivity index (χ2v) is 5.10. The first-order chi connectivity index (χ1) is 9.90. The topological polar surface area (TPSA) is 114 Å². The fourth-order valence-corrected chi connectivity index (χ4v) is 2.43. The van der Waals surface area contributed by atoms with E-state index >= 15 is 0 Å². The van der Waals surface area contributed by atoms with Gasteiger partial charge in [0, 0.05) is 13.1 Å². The van der Waals surface area contributed by atoms with Crippen LogP contribution in [0.1, 0.15) is 23.2 Å². The molecule has 1 amide bonds. The number of nitrogens with zero attached hydrogens (tertiary/aromatic N) is 3. The maximum atomic E-state index is 12.4. The first-order valence-electron chi connectivity index (χ1n) is 6.22. The summed E-state index contributed by atoms with van der Waals surface area (Å²) in [6, 6.07) is 1.13. The van der Waals surface area contributed by atoms with Crippen molar-refractivity contribution in [2.45, 2.75) is 12.8 Å². The van der Waals surface area contributed by atoms with Crippen molar-refractivity contribution in [3.8, 4) is 0 Å². The zero-order chi connectivity index (χ0) is 15.6. The summed E-state index contributed by atoms with van der Waals surface area (Å²) in [7, 11) is 0. The molecule has 1 saturated heterocycles. The van der Waals surface area contributed by atoms with E-state index in [1.165, 1.54) is 4.90 Å². The number of hydrogen-bond acceptors (Lipinski definition) is 5. The van der Waals surface area contributed by atoms with E-state index in [-0.39, 0.29) is 17.3 Å². The molecule has 21 heavy (non-hydrogen) atoms. The van der Waals surface area contributed by atoms with Gasteiger partial charge in [0.2, 0.25) is 0 Å². The third-order valence-corrected chi connectivity index (χ3v) is 3.54. The highest BCUT2D eigenvalue weighted by Gasteiger charge is 2.31.